The number of rotatable bonds is 6. The minimum Gasteiger partial charge on any atom is -0.287 e. The molecule has 0 amide bonds. The van der Waals surface area contributed by atoms with E-state index in [1.54, 1.807) is 0 Å². The predicted molar refractivity (Wildman–Crippen MR) is 76.1 cm³/mol. The first-order valence-corrected chi connectivity index (χ1v) is 8.01. The van der Waals surface area contributed by atoms with Crippen LogP contribution in [0.25, 0.3) is 0 Å². The SMILES string of the molecule is CCCCCSC(C)N1CCCCC1(C)C. The summed E-state index contributed by atoms with van der Waals surface area (Å²) in [6.07, 6.45) is 8.29. The molecular formula is C14H29NS. The molecular weight excluding hydrogens is 214 g/mol. The molecule has 1 fully saturated rings. The fourth-order valence-corrected chi connectivity index (χ4v) is 3.94. The first-order chi connectivity index (χ1) is 7.58. The van der Waals surface area contributed by atoms with Crippen molar-refractivity contribution in [3.05, 3.63) is 0 Å². The molecule has 0 aromatic heterocycles. The third-order valence-electron chi connectivity index (χ3n) is 3.76. The third kappa shape index (κ3) is 4.29. The smallest absolute Gasteiger partial charge is 0.0533 e. The summed E-state index contributed by atoms with van der Waals surface area (Å²) in [5, 5.41) is 0.701. The van der Waals surface area contributed by atoms with E-state index >= 15 is 0 Å². The van der Waals surface area contributed by atoms with Gasteiger partial charge in [-0.2, -0.15) is 0 Å². The molecule has 2 heteroatoms. The Bertz CT molecular complexity index is 191. The Balaban J connectivity index is 2.31. The zero-order chi connectivity index (χ0) is 12.0. The largest absolute Gasteiger partial charge is 0.287 e. The highest BCUT2D eigenvalue weighted by Crippen LogP contribution is 2.32. The van der Waals surface area contributed by atoms with Gasteiger partial charge in [-0.25, -0.2) is 0 Å². The molecule has 1 rings (SSSR count). The molecule has 0 aromatic rings. The fourth-order valence-electron chi connectivity index (χ4n) is 2.66. The quantitative estimate of drug-likeness (QED) is 0.631. The van der Waals surface area contributed by atoms with Gasteiger partial charge >= 0.3 is 0 Å². The Labute approximate surface area is 106 Å². The molecule has 0 N–H and O–H groups in total. The lowest BCUT2D eigenvalue weighted by atomic mass is 9.90. The van der Waals surface area contributed by atoms with Gasteiger partial charge < -0.3 is 0 Å². The van der Waals surface area contributed by atoms with Crippen LogP contribution in [0.1, 0.15) is 66.2 Å². The highest BCUT2D eigenvalue weighted by molar-refractivity contribution is 7.99. The van der Waals surface area contributed by atoms with E-state index in [1.165, 1.54) is 50.8 Å². The lowest BCUT2D eigenvalue weighted by molar-refractivity contribution is 0.0712. The Morgan fingerprint density at radius 2 is 2.00 bits per heavy atom. The number of likely N-dealkylation sites (tertiary alicyclic amines) is 1. The lowest BCUT2D eigenvalue weighted by Crippen LogP contribution is -2.50. The molecule has 96 valence electrons. The molecule has 1 heterocycles. The summed E-state index contributed by atoms with van der Waals surface area (Å²) < 4.78 is 0. The second-order valence-electron chi connectivity index (χ2n) is 5.64. The minimum atomic E-state index is 0.426. The zero-order valence-electron chi connectivity index (χ0n) is 11.6. The normalized spacial score (nSPS) is 23.2. The summed E-state index contributed by atoms with van der Waals surface area (Å²) >= 11 is 2.15. The second-order valence-corrected chi connectivity index (χ2v) is 7.06. The monoisotopic (exact) mass is 243 g/mol. The van der Waals surface area contributed by atoms with Crippen molar-refractivity contribution in [3.63, 3.8) is 0 Å². The maximum atomic E-state index is 2.72. The molecule has 1 aliphatic heterocycles. The van der Waals surface area contributed by atoms with E-state index < -0.39 is 0 Å². The van der Waals surface area contributed by atoms with Crippen molar-refractivity contribution in [2.75, 3.05) is 12.3 Å². The topological polar surface area (TPSA) is 3.24 Å². The van der Waals surface area contributed by atoms with Crippen molar-refractivity contribution >= 4 is 11.8 Å². The average molecular weight is 243 g/mol. The van der Waals surface area contributed by atoms with Crippen LogP contribution in [0.4, 0.5) is 0 Å². The molecule has 0 spiro atoms. The van der Waals surface area contributed by atoms with Crippen LogP contribution in [0.3, 0.4) is 0 Å². The van der Waals surface area contributed by atoms with Gasteiger partial charge in [0.2, 0.25) is 0 Å². The first kappa shape index (κ1) is 14.4. The fraction of sp³-hybridized carbons (Fsp3) is 1.00. The van der Waals surface area contributed by atoms with Gasteiger partial charge in [-0.05, 0) is 52.3 Å². The summed E-state index contributed by atoms with van der Waals surface area (Å²) in [7, 11) is 0. The highest BCUT2D eigenvalue weighted by Gasteiger charge is 2.32. The van der Waals surface area contributed by atoms with E-state index in [0.29, 0.717) is 10.9 Å². The number of hydrogen-bond acceptors (Lipinski definition) is 2. The molecule has 0 bridgehead atoms. The third-order valence-corrected chi connectivity index (χ3v) is 5.02. The van der Waals surface area contributed by atoms with Crippen molar-refractivity contribution in [1.29, 1.82) is 0 Å². The van der Waals surface area contributed by atoms with Gasteiger partial charge in [-0.3, -0.25) is 4.90 Å². The summed E-state index contributed by atoms with van der Waals surface area (Å²) in [6.45, 7) is 10.8. The van der Waals surface area contributed by atoms with Crippen LogP contribution in [0, 0.1) is 0 Å². The molecule has 1 aliphatic rings. The maximum Gasteiger partial charge on any atom is 0.0533 e. The molecule has 1 saturated heterocycles. The van der Waals surface area contributed by atoms with Crippen molar-refractivity contribution in [2.45, 2.75) is 77.1 Å². The molecule has 16 heavy (non-hydrogen) atoms. The summed E-state index contributed by atoms with van der Waals surface area (Å²) in [5.74, 6) is 1.33. The Kier molecular flexibility index (Phi) is 6.20. The molecule has 1 unspecified atom stereocenters. The van der Waals surface area contributed by atoms with E-state index in [-0.39, 0.29) is 0 Å². The second kappa shape index (κ2) is 6.90. The van der Waals surface area contributed by atoms with Gasteiger partial charge in [0.25, 0.3) is 0 Å². The van der Waals surface area contributed by atoms with Crippen LogP contribution in [0.2, 0.25) is 0 Å². The Morgan fingerprint density at radius 1 is 1.25 bits per heavy atom. The van der Waals surface area contributed by atoms with Gasteiger partial charge in [-0.15, -0.1) is 11.8 Å². The van der Waals surface area contributed by atoms with Gasteiger partial charge in [0.1, 0.15) is 0 Å². The number of unbranched alkanes of at least 4 members (excludes halogenated alkanes) is 2. The van der Waals surface area contributed by atoms with Crippen LogP contribution >= 0.6 is 11.8 Å². The predicted octanol–water partition coefficient (Wildman–Crippen LogP) is 4.52. The molecule has 0 saturated carbocycles. The zero-order valence-corrected chi connectivity index (χ0v) is 12.4. The van der Waals surface area contributed by atoms with E-state index in [1.807, 2.05) is 0 Å². The summed E-state index contributed by atoms with van der Waals surface area (Å²) in [6, 6.07) is 0. The van der Waals surface area contributed by atoms with Gasteiger partial charge in [0, 0.05) is 5.54 Å². The van der Waals surface area contributed by atoms with Crippen molar-refractivity contribution in [3.8, 4) is 0 Å². The Hall–Kier alpha value is 0.310. The van der Waals surface area contributed by atoms with E-state index in [4.69, 9.17) is 0 Å². The summed E-state index contributed by atoms with van der Waals surface area (Å²) in [4.78, 5) is 2.72. The van der Waals surface area contributed by atoms with E-state index in [2.05, 4.69) is 44.4 Å². The first-order valence-electron chi connectivity index (χ1n) is 6.96. The number of nitrogens with zero attached hydrogens (tertiary/aromatic N) is 1. The molecule has 1 nitrogen and oxygen atoms in total. The number of piperidine rings is 1. The highest BCUT2D eigenvalue weighted by atomic mass is 32.2. The van der Waals surface area contributed by atoms with Crippen LogP contribution in [0.15, 0.2) is 0 Å². The van der Waals surface area contributed by atoms with E-state index in [9.17, 15) is 0 Å². The van der Waals surface area contributed by atoms with Crippen molar-refractivity contribution < 1.29 is 0 Å². The van der Waals surface area contributed by atoms with Gasteiger partial charge in [0.15, 0.2) is 0 Å². The number of hydrogen-bond donors (Lipinski definition) is 0. The molecule has 1 atom stereocenters. The van der Waals surface area contributed by atoms with Crippen LogP contribution in [0.5, 0.6) is 0 Å². The minimum absolute atomic E-state index is 0.426. The average Bonchev–Trinajstić information content (AvgIpc) is 2.23. The van der Waals surface area contributed by atoms with Gasteiger partial charge in [-0.1, -0.05) is 26.2 Å². The molecule has 0 aromatic carbocycles. The van der Waals surface area contributed by atoms with Crippen molar-refractivity contribution in [2.24, 2.45) is 0 Å². The lowest BCUT2D eigenvalue weighted by Gasteiger charge is -2.45. The van der Waals surface area contributed by atoms with Crippen molar-refractivity contribution in [1.82, 2.24) is 4.90 Å². The van der Waals surface area contributed by atoms with Crippen LogP contribution < -0.4 is 0 Å². The van der Waals surface area contributed by atoms with E-state index in [0.717, 1.165) is 0 Å². The molecule has 0 radical (unpaired) electrons. The van der Waals surface area contributed by atoms with Crippen LogP contribution in [-0.4, -0.2) is 28.1 Å². The summed E-state index contributed by atoms with van der Waals surface area (Å²) in [5.41, 5.74) is 0.426. The maximum absolute atomic E-state index is 2.72. The molecule has 0 aliphatic carbocycles. The number of thioether (sulfide) groups is 1. The van der Waals surface area contributed by atoms with Crippen LogP contribution in [-0.2, 0) is 0 Å². The standard InChI is InChI=1S/C14H29NS/c1-5-6-9-12-16-13(2)15-11-8-7-10-14(15,3)4/h13H,5-12H2,1-4H3. The Morgan fingerprint density at radius 3 is 2.62 bits per heavy atom. The van der Waals surface area contributed by atoms with Gasteiger partial charge in [0.05, 0.1) is 5.37 Å².